The van der Waals surface area contributed by atoms with E-state index in [2.05, 4.69) is 10.3 Å². The third kappa shape index (κ3) is 3.51. The second-order valence-corrected chi connectivity index (χ2v) is 3.90. The molecule has 0 saturated carbocycles. The number of rotatable bonds is 4. The fourth-order valence-electron chi connectivity index (χ4n) is 1.24. The Kier molecular flexibility index (Phi) is 4.14. The summed E-state index contributed by atoms with van der Waals surface area (Å²) in [6, 6.07) is 1.30. The lowest BCUT2D eigenvalue weighted by Gasteiger charge is -2.17. The van der Waals surface area contributed by atoms with Crippen LogP contribution in [0.1, 0.15) is 24.3 Å². The smallest absolute Gasteiger partial charge is 0.326 e. The van der Waals surface area contributed by atoms with Gasteiger partial charge in [0.05, 0.1) is 6.20 Å². The van der Waals surface area contributed by atoms with E-state index in [9.17, 15) is 14.0 Å². The Balaban J connectivity index is 2.77. The SMILES string of the molecule is CC(C)[C@H](NC(=O)c1ccc(F)cn1)C(=O)O. The number of pyridine rings is 1. The molecule has 1 atom stereocenters. The number of nitrogens with zero attached hydrogens (tertiary/aromatic N) is 1. The molecular weight excluding hydrogens is 227 g/mol. The van der Waals surface area contributed by atoms with Gasteiger partial charge in [-0.2, -0.15) is 0 Å². The number of hydrogen-bond acceptors (Lipinski definition) is 3. The number of carbonyl (C=O) groups is 2. The summed E-state index contributed by atoms with van der Waals surface area (Å²) in [6.07, 6.45) is 0.903. The number of hydrogen-bond donors (Lipinski definition) is 2. The Labute approximate surface area is 97.7 Å². The van der Waals surface area contributed by atoms with Gasteiger partial charge in [0.25, 0.3) is 5.91 Å². The van der Waals surface area contributed by atoms with Gasteiger partial charge in [-0.15, -0.1) is 0 Å². The average Bonchev–Trinajstić information content (AvgIpc) is 2.25. The van der Waals surface area contributed by atoms with Crippen LogP contribution in [0.5, 0.6) is 0 Å². The van der Waals surface area contributed by atoms with Crippen LogP contribution in [0.25, 0.3) is 0 Å². The normalized spacial score (nSPS) is 12.2. The summed E-state index contributed by atoms with van der Waals surface area (Å²) in [4.78, 5) is 26.1. The number of halogens is 1. The average molecular weight is 240 g/mol. The highest BCUT2D eigenvalue weighted by atomic mass is 19.1. The van der Waals surface area contributed by atoms with Crippen LogP contribution in [-0.4, -0.2) is 28.0 Å². The first-order valence-electron chi connectivity index (χ1n) is 5.07. The molecule has 1 rings (SSSR count). The third-order valence-electron chi connectivity index (χ3n) is 2.18. The van der Waals surface area contributed by atoms with Gasteiger partial charge in [0.1, 0.15) is 17.6 Å². The number of aromatic nitrogens is 1. The highest BCUT2D eigenvalue weighted by Gasteiger charge is 2.24. The molecule has 0 aliphatic rings. The Bertz CT molecular complexity index is 417. The van der Waals surface area contributed by atoms with Crippen LogP contribution < -0.4 is 5.32 Å². The summed E-state index contributed by atoms with van der Waals surface area (Å²) in [5.41, 5.74) is -0.0155. The van der Waals surface area contributed by atoms with Crippen molar-refractivity contribution in [2.24, 2.45) is 5.92 Å². The molecule has 0 aliphatic carbocycles. The van der Waals surface area contributed by atoms with Gasteiger partial charge in [0.15, 0.2) is 0 Å². The van der Waals surface area contributed by atoms with E-state index >= 15 is 0 Å². The predicted octanol–water partition coefficient (Wildman–Crippen LogP) is 1.06. The molecule has 2 N–H and O–H groups in total. The van der Waals surface area contributed by atoms with Crippen molar-refractivity contribution in [1.29, 1.82) is 0 Å². The summed E-state index contributed by atoms with van der Waals surface area (Å²) >= 11 is 0. The van der Waals surface area contributed by atoms with Crippen LogP contribution in [0, 0.1) is 11.7 Å². The minimum absolute atomic E-state index is 0.0155. The molecule has 1 amide bonds. The van der Waals surface area contributed by atoms with E-state index < -0.39 is 23.7 Å². The summed E-state index contributed by atoms with van der Waals surface area (Å²) in [7, 11) is 0. The Morgan fingerprint density at radius 1 is 1.41 bits per heavy atom. The molecule has 0 unspecified atom stereocenters. The van der Waals surface area contributed by atoms with Gasteiger partial charge >= 0.3 is 5.97 Å². The standard InChI is InChI=1S/C11H13FN2O3/c1-6(2)9(11(16)17)14-10(15)8-4-3-7(12)5-13-8/h3-6,9H,1-2H3,(H,14,15)(H,16,17)/t9-/m0/s1. The van der Waals surface area contributed by atoms with Crippen molar-refractivity contribution in [3.05, 3.63) is 29.8 Å². The largest absolute Gasteiger partial charge is 0.480 e. The molecule has 5 nitrogen and oxygen atoms in total. The van der Waals surface area contributed by atoms with Gasteiger partial charge in [0, 0.05) is 0 Å². The zero-order chi connectivity index (χ0) is 13.0. The number of aliphatic carboxylic acids is 1. The molecule has 0 aromatic carbocycles. The maximum Gasteiger partial charge on any atom is 0.326 e. The van der Waals surface area contributed by atoms with Gasteiger partial charge in [-0.05, 0) is 18.1 Å². The molecule has 0 radical (unpaired) electrons. The van der Waals surface area contributed by atoms with Crippen molar-refractivity contribution >= 4 is 11.9 Å². The van der Waals surface area contributed by atoms with Crippen LogP contribution in [0.4, 0.5) is 4.39 Å². The van der Waals surface area contributed by atoms with Crippen molar-refractivity contribution in [3.8, 4) is 0 Å². The van der Waals surface area contributed by atoms with Gasteiger partial charge in [0.2, 0.25) is 0 Å². The van der Waals surface area contributed by atoms with Gasteiger partial charge < -0.3 is 10.4 Å². The Morgan fingerprint density at radius 2 is 2.06 bits per heavy atom. The summed E-state index contributed by atoms with van der Waals surface area (Å²) in [5, 5.41) is 11.2. The quantitative estimate of drug-likeness (QED) is 0.824. The highest BCUT2D eigenvalue weighted by molar-refractivity contribution is 5.94. The molecule has 92 valence electrons. The highest BCUT2D eigenvalue weighted by Crippen LogP contribution is 2.04. The lowest BCUT2D eigenvalue weighted by Crippen LogP contribution is -2.44. The Morgan fingerprint density at radius 3 is 2.47 bits per heavy atom. The van der Waals surface area contributed by atoms with Crippen LogP contribution >= 0.6 is 0 Å². The molecule has 0 bridgehead atoms. The fraction of sp³-hybridized carbons (Fsp3) is 0.364. The van der Waals surface area contributed by atoms with Gasteiger partial charge in [-0.1, -0.05) is 13.8 Å². The topological polar surface area (TPSA) is 79.3 Å². The summed E-state index contributed by atoms with van der Waals surface area (Å²) < 4.78 is 12.6. The van der Waals surface area contributed by atoms with Crippen molar-refractivity contribution in [2.45, 2.75) is 19.9 Å². The molecule has 0 spiro atoms. The number of nitrogens with one attached hydrogen (secondary N) is 1. The molecule has 1 aromatic heterocycles. The lowest BCUT2D eigenvalue weighted by atomic mass is 10.0. The second kappa shape index (κ2) is 5.38. The van der Waals surface area contributed by atoms with Crippen LogP contribution in [0.2, 0.25) is 0 Å². The molecular formula is C11H13FN2O3. The van der Waals surface area contributed by atoms with Crippen LogP contribution in [0.15, 0.2) is 18.3 Å². The molecule has 0 saturated heterocycles. The minimum atomic E-state index is -1.12. The van der Waals surface area contributed by atoms with Crippen molar-refractivity contribution < 1.29 is 19.1 Å². The molecule has 1 heterocycles. The van der Waals surface area contributed by atoms with E-state index in [-0.39, 0.29) is 11.6 Å². The molecule has 0 aliphatic heterocycles. The number of carboxylic acid groups (broad SMARTS) is 1. The number of amides is 1. The van der Waals surface area contributed by atoms with E-state index in [1.165, 1.54) is 6.07 Å². The Hall–Kier alpha value is -1.98. The van der Waals surface area contributed by atoms with E-state index in [0.717, 1.165) is 12.3 Å². The summed E-state index contributed by atoms with van der Waals surface area (Å²) in [5.74, 6) is -2.56. The first kappa shape index (κ1) is 13.1. The van der Waals surface area contributed by atoms with E-state index in [0.29, 0.717) is 0 Å². The van der Waals surface area contributed by atoms with Crippen LogP contribution in [0.3, 0.4) is 0 Å². The fourth-order valence-corrected chi connectivity index (χ4v) is 1.24. The molecule has 17 heavy (non-hydrogen) atoms. The van der Waals surface area contributed by atoms with E-state index in [1.807, 2.05) is 0 Å². The van der Waals surface area contributed by atoms with Crippen molar-refractivity contribution in [1.82, 2.24) is 10.3 Å². The van der Waals surface area contributed by atoms with Crippen molar-refractivity contribution in [3.63, 3.8) is 0 Å². The van der Waals surface area contributed by atoms with Crippen molar-refractivity contribution in [2.75, 3.05) is 0 Å². The first-order valence-corrected chi connectivity index (χ1v) is 5.07. The lowest BCUT2D eigenvalue weighted by molar-refractivity contribution is -0.140. The molecule has 6 heteroatoms. The third-order valence-corrected chi connectivity index (χ3v) is 2.18. The monoisotopic (exact) mass is 240 g/mol. The zero-order valence-electron chi connectivity index (χ0n) is 9.48. The first-order chi connectivity index (χ1) is 7.91. The van der Waals surface area contributed by atoms with Gasteiger partial charge in [-0.3, -0.25) is 4.79 Å². The molecule has 0 fully saturated rings. The minimum Gasteiger partial charge on any atom is -0.480 e. The maximum atomic E-state index is 12.6. The molecule has 1 aromatic rings. The summed E-state index contributed by atoms with van der Waals surface area (Å²) in [6.45, 7) is 3.36. The number of carboxylic acids is 1. The van der Waals surface area contributed by atoms with Gasteiger partial charge in [-0.25, -0.2) is 14.2 Å². The van der Waals surface area contributed by atoms with Crippen LogP contribution in [-0.2, 0) is 4.79 Å². The van der Waals surface area contributed by atoms with E-state index in [4.69, 9.17) is 5.11 Å². The number of carbonyl (C=O) groups excluding carboxylic acids is 1. The van der Waals surface area contributed by atoms with E-state index in [1.54, 1.807) is 13.8 Å². The maximum absolute atomic E-state index is 12.6. The zero-order valence-corrected chi connectivity index (χ0v) is 9.48. The predicted molar refractivity (Wildman–Crippen MR) is 57.9 cm³/mol. The second-order valence-electron chi connectivity index (χ2n) is 3.90.